The van der Waals surface area contributed by atoms with Crippen LogP contribution in [-0.2, 0) is 4.74 Å². The van der Waals surface area contributed by atoms with Crippen molar-refractivity contribution < 1.29 is 18.3 Å². The number of carbonyl (C=O) groups is 1. The first-order valence-corrected chi connectivity index (χ1v) is 7.65. The van der Waals surface area contributed by atoms with E-state index in [9.17, 15) is 13.6 Å². The van der Waals surface area contributed by atoms with Gasteiger partial charge in [-0.3, -0.25) is 0 Å². The van der Waals surface area contributed by atoms with E-state index in [4.69, 9.17) is 0 Å². The fourth-order valence-electron chi connectivity index (χ4n) is 3.01. The largest absolute Gasteiger partial charge is 0.425 e. The minimum atomic E-state index is -2.18. The molecule has 0 aliphatic heterocycles. The Morgan fingerprint density at radius 1 is 1.24 bits per heavy atom. The van der Waals surface area contributed by atoms with Gasteiger partial charge in [-0.2, -0.15) is 4.39 Å². The topological polar surface area (TPSA) is 26.3 Å². The predicted molar refractivity (Wildman–Crippen MR) is 77.7 cm³/mol. The number of esters is 1. The van der Waals surface area contributed by atoms with Gasteiger partial charge < -0.3 is 4.74 Å². The van der Waals surface area contributed by atoms with Crippen LogP contribution in [0.25, 0.3) is 0 Å². The molecular formula is C17H22F2O2. The molecule has 4 heteroatoms. The van der Waals surface area contributed by atoms with Crippen LogP contribution in [0.3, 0.4) is 0 Å². The van der Waals surface area contributed by atoms with Crippen LogP contribution in [0.2, 0.25) is 0 Å². The fourth-order valence-corrected chi connectivity index (χ4v) is 3.01. The molecule has 1 saturated carbocycles. The zero-order chi connectivity index (χ0) is 15.2. The standard InChI is InChI=1S/C17H22F2O2/c1-2-12-3-5-13(6-4-12)14-7-9-15(10-8-14)17(20)21-16(19)11-18/h7-10,12-13,16H,2-6,11H2,1H3/t12-,13-,16?. The molecule has 2 rings (SSSR count). The van der Waals surface area contributed by atoms with Crippen LogP contribution in [0.4, 0.5) is 8.78 Å². The molecule has 2 nitrogen and oxygen atoms in total. The van der Waals surface area contributed by atoms with Gasteiger partial charge >= 0.3 is 5.97 Å². The predicted octanol–water partition coefficient (Wildman–Crippen LogP) is 4.79. The van der Waals surface area contributed by atoms with Crippen molar-refractivity contribution >= 4 is 5.97 Å². The molecule has 1 aromatic rings. The Morgan fingerprint density at radius 2 is 1.86 bits per heavy atom. The van der Waals surface area contributed by atoms with Crippen molar-refractivity contribution in [1.82, 2.24) is 0 Å². The summed E-state index contributed by atoms with van der Waals surface area (Å²) < 4.78 is 29.0. The molecule has 0 bridgehead atoms. The van der Waals surface area contributed by atoms with Crippen LogP contribution in [-0.4, -0.2) is 19.0 Å². The molecule has 116 valence electrons. The highest BCUT2D eigenvalue weighted by atomic mass is 19.2. The van der Waals surface area contributed by atoms with E-state index in [1.807, 2.05) is 12.1 Å². The van der Waals surface area contributed by atoms with Crippen LogP contribution >= 0.6 is 0 Å². The highest BCUT2D eigenvalue weighted by molar-refractivity contribution is 5.89. The van der Waals surface area contributed by atoms with Crippen LogP contribution < -0.4 is 0 Å². The van der Waals surface area contributed by atoms with E-state index in [0.717, 1.165) is 5.92 Å². The van der Waals surface area contributed by atoms with Gasteiger partial charge in [0.2, 0.25) is 0 Å². The summed E-state index contributed by atoms with van der Waals surface area (Å²) in [5.41, 5.74) is 1.47. The highest BCUT2D eigenvalue weighted by Gasteiger charge is 2.21. The van der Waals surface area contributed by atoms with Gasteiger partial charge in [0.15, 0.2) is 6.67 Å². The molecule has 1 aromatic carbocycles. The summed E-state index contributed by atoms with van der Waals surface area (Å²) in [5.74, 6) is 0.566. The van der Waals surface area contributed by atoms with Gasteiger partial charge in [-0.15, -0.1) is 0 Å². The number of hydrogen-bond acceptors (Lipinski definition) is 2. The lowest BCUT2D eigenvalue weighted by Crippen LogP contribution is -2.16. The minimum absolute atomic E-state index is 0.261. The maximum Gasteiger partial charge on any atom is 0.340 e. The molecule has 0 amide bonds. The third-order valence-corrected chi connectivity index (χ3v) is 4.40. The second-order valence-corrected chi connectivity index (χ2v) is 5.72. The summed E-state index contributed by atoms with van der Waals surface area (Å²) in [4.78, 5) is 11.6. The van der Waals surface area contributed by atoms with E-state index >= 15 is 0 Å². The van der Waals surface area contributed by atoms with E-state index in [1.165, 1.54) is 37.7 Å². The molecule has 0 N–H and O–H groups in total. The van der Waals surface area contributed by atoms with E-state index in [2.05, 4.69) is 11.7 Å². The van der Waals surface area contributed by atoms with Crippen LogP contribution in [0.5, 0.6) is 0 Å². The second-order valence-electron chi connectivity index (χ2n) is 5.72. The van der Waals surface area contributed by atoms with E-state index in [-0.39, 0.29) is 5.56 Å². The monoisotopic (exact) mass is 296 g/mol. The van der Waals surface area contributed by atoms with Crippen molar-refractivity contribution in [3.05, 3.63) is 35.4 Å². The van der Waals surface area contributed by atoms with Gasteiger partial charge in [0.25, 0.3) is 6.36 Å². The SMILES string of the molecule is CC[C@H]1CC[C@H](c2ccc(C(=O)OC(F)CF)cc2)CC1. The molecule has 0 aromatic heterocycles. The van der Waals surface area contributed by atoms with E-state index in [1.54, 1.807) is 12.1 Å². The van der Waals surface area contributed by atoms with Gasteiger partial charge in [-0.1, -0.05) is 25.5 Å². The molecule has 0 saturated heterocycles. The summed E-state index contributed by atoms with van der Waals surface area (Å²) in [6, 6.07) is 7.06. The molecule has 1 unspecified atom stereocenters. The third-order valence-electron chi connectivity index (χ3n) is 4.40. The Balaban J connectivity index is 1.94. The number of ether oxygens (including phenoxy) is 1. The lowest BCUT2D eigenvalue weighted by atomic mass is 9.78. The number of halogens is 2. The summed E-state index contributed by atoms with van der Waals surface area (Å²) in [6.07, 6.45) is 3.93. The van der Waals surface area contributed by atoms with Gasteiger partial charge in [0.05, 0.1) is 5.56 Å². The summed E-state index contributed by atoms with van der Waals surface area (Å²) in [7, 11) is 0. The molecule has 0 radical (unpaired) electrons. The first-order chi connectivity index (χ1) is 10.1. The first-order valence-electron chi connectivity index (χ1n) is 7.65. The molecule has 1 aliphatic rings. The minimum Gasteiger partial charge on any atom is -0.425 e. The Labute approximate surface area is 124 Å². The van der Waals surface area contributed by atoms with Crippen molar-refractivity contribution in [2.24, 2.45) is 5.92 Å². The Morgan fingerprint density at radius 3 is 2.38 bits per heavy atom. The Hall–Kier alpha value is -1.45. The number of carbonyl (C=O) groups excluding carboxylic acids is 1. The Kier molecular flexibility index (Phi) is 5.71. The van der Waals surface area contributed by atoms with Crippen molar-refractivity contribution in [1.29, 1.82) is 0 Å². The van der Waals surface area contributed by atoms with Crippen molar-refractivity contribution in [3.8, 4) is 0 Å². The molecular weight excluding hydrogens is 274 g/mol. The zero-order valence-corrected chi connectivity index (χ0v) is 12.4. The van der Waals surface area contributed by atoms with Crippen LogP contribution in [0, 0.1) is 5.92 Å². The van der Waals surface area contributed by atoms with Gasteiger partial charge in [0, 0.05) is 0 Å². The average Bonchev–Trinajstić information content (AvgIpc) is 2.55. The van der Waals surface area contributed by atoms with Gasteiger partial charge in [-0.25, -0.2) is 9.18 Å². The van der Waals surface area contributed by atoms with Gasteiger partial charge in [-0.05, 0) is 55.2 Å². The quantitative estimate of drug-likeness (QED) is 0.730. The average molecular weight is 296 g/mol. The van der Waals surface area contributed by atoms with Crippen LogP contribution in [0.1, 0.15) is 60.9 Å². The molecule has 1 atom stereocenters. The normalized spacial score (nSPS) is 23.6. The highest BCUT2D eigenvalue weighted by Crippen LogP contribution is 2.36. The maximum atomic E-state index is 12.7. The lowest BCUT2D eigenvalue weighted by Gasteiger charge is -2.28. The maximum absolute atomic E-state index is 12.7. The van der Waals surface area contributed by atoms with Crippen molar-refractivity contribution in [3.63, 3.8) is 0 Å². The molecule has 21 heavy (non-hydrogen) atoms. The van der Waals surface area contributed by atoms with Crippen molar-refractivity contribution in [2.45, 2.75) is 51.3 Å². The summed E-state index contributed by atoms with van der Waals surface area (Å²) in [5, 5.41) is 0. The molecule has 0 spiro atoms. The first kappa shape index (κ1) is 15.9. The fraction of sp³-hybridized carbons (Fsp3) is 0.588. The van der Waals surface area contributed by atoms with Gasteiger partial charge in [0.1, 0.15) is 0 Å². The summed E-state index contributed by atoms with van der Waals surface area (Å²) >= 11 is 0. The number of rotatable bonds is 5. The van der Waals surface area contributed by atoms with Crippen LogP contribution in [0.15, 0.2) is 24.3 Å². The lowest BCUT2D eigenvalue weighted by molar-refractivity contribution is -0.0254. The Bertz CT molecular complexity index is 450. The number of hydrogen-bond donors (Lipinski definition) is 0. The van der Waals surface area contributed by atoms with E-state index < -0.39 is 19.0 Å². The second kappa shape index (κ2) is 7.53. The molecule has 1 aliphatic carbocycles. The third kappa shape index (κ3) is 4.26. The molecule has 0 heterocycles. The molecule has 1 fully saturated rings. The number of alkyl halides is 2. The van der Waals surface area contributed by atoms with Crippen molar-refractivity contribution in [2.75, 3.05) is 6.67 Å². The zero-order valence-electron chi connectivity index (χ0n) is 12.4. The smallest absolute Gasteiger partial charge is 0.340 e. The summed E-state index contributed by atoms with van der Waals surface area (Å²) in [6.45, 7) is 0.922. The number of benzene rings is 1. The van der Waals surface area contributed by atoms with E-state index in [0.29, 0.717) is 5.92 Å².